The monoisotopic (exact) mass is 216 g/mol. The van der Waals surface area contributed by atoms with Gasteiger partial charge in [-0.3, -0.25) is 4.79 Å². The van der Waals surface area contributed by atoms with Gasteiger partial charge in [-0.2, -0.15) is 0 Å². The zero-order chi connectivity index (χ0) is 11.1. The lowest BCUT2D eigenvalue weighted by atomic mass is 10.1. The summed E-state index contributed by atoms with van der Waals surface area (Å²) in [5.41, 5.74) is 2.62. The molecule has 0 spiro atoms. The summed E-state index contributed by atoms with van der Waals surface area (Å²) in [6.45, 7) is 0. The van der Waals surface area contributed by atoms with Crippen molar-refractivity contribution < 1.29 is 9.53 Å². The second-order valence-electron chi connectivity index (χ2n) is 4.13. The SMILES string of the molecule is COc1ncc(C2CC2)c2cc(C=O)[nH]c12. The van der Waals surface area contributed by atoms with Crippen LogP contribution in [0.4, 0.5) is 0 Å². The van der Waals surface area contributed by atoms with Gasteiger partial charge in [0.2, 0.25) is 5.88 Å². The minimum absolute atomic E-state index is 0.549. The minimum Gasteiger partial charge on any atom is -0.479 e. The third-order valence-corrected chi connectivity index (χ3v) is 3.02. The predicted molar refractivity (Wildman–Crippen MR) is 60.0 cm³/mol. The van der Waals surface area contributed by atoms with Crippen LogP contribution in [0.5, 0.6) is 5.88 Å². The normalized spacial score (nSPS) is 15.3. The van der Waals surface area contributed by atoms with Gasteiger partial charge in [0.25, 0.3) is 0 Å². The lowest BCUT2D eigenvalue weighted by molar-refractivity contribution is 0.112. The minimum atomic E-state index is 0.549. The molecule has 2 aromatic rings. The summed E-state index contributed by atoms with van der Waals surface area (Å²) in [7, 11) is 1.58. The van der Waals surface area contributed by atoms with E-state index in [-0.39, 0.29) is 0 Å². The average molecular weight is 216 g/mol. The van der Waals surface area contributed by atoms with Crippen molar-refractivity contribution in [1.82, 2.24) is 9.97 Å². The average Bonchev–Trinajstić information content (AvgIpc) is 3.05. The lowest BCUT2D eigenvalue weighted by Crippen LogP contribution is -1.91. The Morgan fingerprint density at radius 2 is 2.38 bits per heavy atom. The second kappa shape index (κ2) is 3.33. The van der Waals surface area contributed by atoms with E-state index in [2.05, 4.69) is 9.97 Å². The number of pyridine rings is 1. The maximum atomic E-state index is 10.8. The molecule has 82 valence electrons. The Balaban J connectivity index is 2.28. The number of nitrogens with zero attached hydrogens (tertiary/aromatic N) is 1. The first-order valence-electron chi connectivity index (χ1n) is 5.34. The van der Waals surface area contributed by atoms with Crippen LogP contribution in [0.3, 0.4) is 0 Å². The highest BCUT2D eigenvalue weighted by molar-refractivity contribution is 5.93. The molecule has 1 saturated carbocycles. The molecule has 0 aromatic carbocycles. The number of nitrogens with one attached hydrogen (secondary N) is 1. The number of rotatable bonds is 3. The number of hydrogen-bond acceptors (Lipinski definition) is 3. The van der Waals surface area contributed by atoms with Gasteiger partial charge in [-0.1, -0.05) is 0 Å². The topological polar surface area (TPSA) is 55.0 Å². The fourth-order valence-corrected chi connectivity index (χ4v) is 2.07. The number of H-pyrrole nitrogens is 1. The van der Waals surface area contributed by atoms with E-state index >= 15 is 0 Å². The Morgan fingerprint density at radius 1 is 1.56 bits per heavy atom. The summed E-state index contributed by atoms with van der Waals surface area (Å²) in [4.78, 5) is 18.1. The number of carbonyl (C=O) groups is 1. The Labute approximate surface area is 92.6 Å². The highest BCUT2D eigenvalue weighted by Gasteiger charge is 2.27. The van der Waals surface area contributed by atoms with Crippen LogP contribution in [0.2, 0.25) is 0 Å². The standard InChI is InChI=1S/C12H12N2O2/c1-16-12-11-9(4-8(6-15)14-11)10(5-13-12)7-2-3-7/h4-7,14H,2-3H2,1H3. The number of aromatic nitrogens is 2. The number of aldehydes is 1. The van der Waals surface area contributed by atoms with Gasteiger partial charge in [0.1, 0.15) is 5.52 Å². The fourth-order valence-electron chi connectivity index (χ4n) is 2.07. The summed E-state index contributed by atoms with van der Waals surface area (Å²) in [5, 5.41) is 1.07. The molecule has 1 aliphatic carbocycles. The van der Waals surface area contributed by atoms with Crippen LogP contribution in [0.15, 0.2) is 12.3 Å². The molecule has 4 heteroatoms. The van der Waals surface area contributed by atoms with Gasteiger partial charge in [0, 0.05) is 11.6 Å². The van der Waals surface area contributed by atoms with Crippen molar-refractivity contribution in [3.05, 3.63) is 23.5 Å². The number of carbonyl (C=O) groups excluding carboxylic acids is 1. The van der Waals surface area contributed by atoms with Crippen molar-refractivity contribution in [3.63, 3.8) is 0 Å². The van der Waals surface area contributed by atoms with E-state index in [9.17, 15) is 4.79 Å². The maximum Gasteiger partial charge on any atom is 0.238 e. The molecule has 0 atom stereocenters. The molecule has 0 saturated heterocycles. The summed E-state index contributed by atoms with van der Waals surface area (Å²) in [5.74, 6) is 1.16. The molecule has 1 N–H and O–H groups in total. The third-order valence-electron chi connectivity index (χ3n) is 3.02. The Hall–Kier alpha value is -1.84. The van der Waals surface area contributed by atoms with Crippen LogP contribution in [-0.4, -0.2) is 23.4 Å². The summed E-state index contributed by atoms with van der Waals surface area (Å²) in [6, 6.07) is 1.88. The zero-order valence-electron chi connectivity index (χ0n) is 8.99. The molecule has 2 heterocycles. The van der Waals surface area contributed by atoms with Crippen LogP contribution in [-0.2, 0) is 0 Å². The quantitative estimate of drug-likeness (QED) is 0.800. The molecule has 16 heavy (non-hydrogen) atoms. The highest BCUT2D eigenvalue weighted by Crippen LogP contribution is 2.43. The molecule has 0 bridgehead atoms. The van der Waals surface area contributed by atoms with Crippen molar-refractivity contribution in [1.29, 1.82) is 0 Å². The Kier molecular flexibility index (Phi) is 1.96. The first kappa shape index (κ1) is 9.39. The van der Waals surface area contributed by atoms with E-state index in [1.165, 1.54) is 18.4 Å². The highest BCUT2D eigenvalue weighted by atomic mass is 16.5. The molecule has 2 aromatic heterocycles. The lowest BCUT2D eigenvalue weighted by Gasteiger charge is -2.04. The second-order valence-corrected chi connectivity index (χ2v) is 4.13. The Morgan fingerprint density at radius 3 is 3.00 bits per heavy atom. The molecule has 3 rings (SSSR count). The molecule has 4 nitrogen and oxygen atoms in total. The van der Waals surface area contributed by atoms with Gasteiger partial charge >= 0.3 is 0 Å². The van der Waals surface area contributed by atoms with Crippen molar-refractivity contribution in [2.75, 3.05) is 7.11 Å². The van der Waals surface area contributed by atoms with Crippen LogP contribution >= 0.6 is 0 Å². The number of aromatic amines is 1. The van der Waals surface area contributed by atoms with Gasteiger partial charge in [0.15, 0.2) is 6.29 Å². The van der Waals surface area contributed by atoms with Crippen molar-refractivity contribution in [3.8, 4) is 5.88 Å². The number of fused-ring (bicyclic) bond motifs is 1. The largest absolute Gasteiger partial charge is 0.479 e. The molecule has 0 unspecified atom stereocenters. The fraction of sp³-hybridized carbons (Fsp3) is 0.333. The van der Waals surface area contributed by atoms with Crippen LogP contribution in [0.25, 0.3) is 10.9 Å². The van der Waals surface area contributed by atoms with Gasteiger partial charge in [-0.05, 0) is 30.4 Å². The summed E-state index contributed by atoms with van der Waals surface area (Å²) >= 11 is 0. The van der Waals surface area contributed by atoms with Gasteiger partial charge < -0.3 is 9.72 Å². The van der Waals surface area contributed by atoms with Gasteiger partial charge in [-0.25, -0.2) is 4.98 Å². The molecule has 1 aliphatic rings. The zero-order valence-corrected chi connectivity index (χ0v) is 8.99. The third kappa shape index (κ3) is 1.30. The number of methoxy groups -OCH3 is 1. The first-order valence-corrected chi connectivity index (χ1v) is 5.34. The van der Waals surface area contributed by atoms with Crippen molar-refractivity contribution in [2.45, 2.75) is 18.8 Å². The summed E-state index contributed by atoms with van der Waals surface area (Å²) in [6.07, 6.45) is 5.10. The molecular formula is C12H12N2O2. The first-order chi connectivity index (χ1) is 7.83. The maximum absolute atomic E-state index is 10.8. The van der Waals surface area contributed by atoms with Crippen LogP contribution < -0.4 is 4.74 Å². The van der Waals surface area contributed by atoms with Crippen LogP contribution in [0, 0.1) is 0 Å². The number of ether oxygens (including phenoxy) is 1. The molecule has 0 amide bonds. The van der Waals surface area contributed by atoms with Crippen molar-refractivity contribution in [2.24, 2.45) is 0 Å². The molecule has 0 aliphatic heterocycles. The Bertz CT molecular complexity index is 555. The van der Waals surface area contributed by atoms with E-state index in [4.69, 9.17) is 4.74 Å². The van der Waals surface area contributed by atoms with Crippen molar-refractivity contribution >= 4 is 17.2 Å². The summed E-state index contributed by atoms with van der Waals surface area (Å²) < 4.78 is 5.18. The molecular weight excluding hydrogens is 204 g/mol. The smallest absolute Gasteiger partial charge is 0.238 e. The van der Waals surface area contributed by atoms with Gasteiger partial charge in [-0.15, -0.1) is 0 Å². The number of hydrogen-bond donors (Lipinski definition) is 1. The van der Waals surface area contributed by atoms with E-state index in [0.29, 0.717) is 17.5 Å². The van der Waals surface area contributed by atoms with Crippen LogP contribution in [0.1, 0.15) is 34.8 Å². The van der Waals surface area contributed by atoms with E-state index in [1.54, 1.807) is 7.11 Å². The van der Waals surface area contributed by atoms with E-state index in [0.717, 1.165) is 17.2 Å². The van der Waals surface area contributed by atoms with E-state index < -0.39 is 0 Å². The molecule has 0 radical (unpaired) electrons. The van der Waals surface area contributed by atoms with E-state index in [1.807, 2.05) is 12.3 Å². The molecule has 1 fully saturated rings. The van der Waals surface area contributed by atoms with Gasteiger partial charge in [0.05, 0.1) is 12.8 Å². The predicted octanol–water partition coefficient (Wildman–Crippen LogP) is 2.26.